The quantitative estimate of drug-likeness (QED) is 0.412. The summed E-state index contributed by atoms with van der Waals surface area (Å²) in [5.74, 6) is 0.905. The summed E-state index contributed by atoms with van der Waals surface area (Å²) in [6, 6.07) is 0. The van der Waals surface area contributed by atoms with Crippen LogP contribution in [0.15, 0.2) is 0 Å². The van der Waals surface area contributed by atoms with Crippen LogP contribution in [0.3, 0.4) is 0 Å². The van der Waals surface area contributed by atoms with Gasteiger partial charge in [-0.25, -0.2) is 0 Å². The smallest absolute Gasteiger partial charge is 0.305 e. The molecule has 0 aromatic rings. The molecule has 7 nitrogen and oxygen atoms in total. The molecule has 204 valence electrons. The summed E-state index contributed by atoms with van der Waals surface area (Å²) < 4.78 is 17.1. The summed E-state index contributed by atoms with van der Waals surface area (Å²) in [6.07, 6.45) is 6.48. The second kappa shape index (κ2) is 10.3. The van der Waals surface area contributed by atoms with E-state index in [1.165, 1.54) is 21.0 Å². The first kappa shape index (κ1) is 27.4. The van der Waals surface area contributed by atoms with Gasteiger partial charge >= 0.3 is 17.9 Å². The third-order valence-electron chi connectivity index (χ3n) is 11.1. The normalized spacial score (nSPS) is 44.4. The highest BCUT2D eigenvalue weighted by Gasteiger charge is 2.67. The first-order valence-corrected chi connectivity index (χ1v) is 14.0. The predicted octanol–water partition coefficient (Wildman–Crippen LogP) is 4.68. The summed E-state index contributed by atoms with van der Waals surface area (Å²) in [5, 5.41) is 10.5. The average molecular weight is 507 g/mol. The lowest BCUT2D eigenvalue weighted by Gasteiger charge is -2.64. The molecule has 4 aliphatic rings. The topological polar surface area (TPSA) is 99.1 Å². The van der Waals surface area contributed by atoms with Crippen molar-refractivity contribution in [3.05, 3.63) is 0 Å². The van der Waals surface area contributed by atoms with E-state index in [1.807, 2.05) is 0 Å². The summed E-state index contributed by atoms with van der Waals surface area (Å²) in [4.78, 5) is 36.5. The standard InChI is InChI=1S/C29H46O7/c1-16(7-10-26(33)34-6)21-8-9-22-27-23(15-25(29(21,22)5)36-18(3)31)28(4)12-11-20(32)13-19(28)14-24(27)35-17(2)30/h16,19-25,27,32H,7-15H2,1-6H3/t16-,19?,20-,21-,22+,23?,24-,25+,27?,28?,29?/m1/s1. The number of ether oxygens (including phenoxy) is 3. The van der Waals surface area contributed by atoms with E-state index in [-0.39, 0.29) is 76.6 Å². The Labute approximate surface area is 216 Å². The van der Waals surface area contributed by atoms with Crippen molar-refractivity contribution in [1.82, 2.24) is 0 Å². The molecule has 7 heteroatoms. The lowest BCUT2D eigenvalue weighted by atomic mass is 9.43. The van der Waals surface area contributed by atoms with Crippen LogP contribution in [0.1, 0.15) is 92.4 Å². The molecule has 0 amide bonds. The van der Waals surface area contributed by atoms with Gasteiger partial charge < -0.3 is 19.3 Å². The molecule has 0 aromatic heterocycles. The lowest BCUT2D eigenvalue weighted by Crippen LogP contribution is -2.63. The van der Waals surface area contributed by atoms with Crippen molar-refractivity contribution in [2.24, 2.45) is 46.3 Å². The first-order chi connectivity index (χ1) is 16.9. The fourth-order valence-electron chi connectivity index (χ4n) is 9.44. The number of aliphatic hydroxyl groups excluding tert-OH is 1. The zero-order valence-corrected chi connectivity index (χ0v) is 23.0. The van der Waals surface area contributed by atoms with Gasteiger partial charge in [0.1, 0.15) is 12.2 Å². The molecule has 1 N–H and O–H groups in total. The van der Waals surface area contributed by atoms with E-state index in [2.05, 4.69) is 20.8 Å². The zero-order valence-electron chi connectivity index (χ0n) is 23.0. The molecule has 0 spiro atoms. The average Bonchev–Trinajstić information content (AvgIpc) is 3.16. The molecule has 4 aliphatic carbocycles. The van der Waals surface area contributed by atoms with Crippen molar-refractivity contribution < 1.29 is 33.7 Å². The number of methoxy groups -OCH3 is 1. The van der Waals surface area contributed by atoms with Gasteiger partial charge in [-0.05, 0) is 86.4 Å². The molecule has 0 aromatic carbocycles. The molecule has 4 fully saturated rings. The Morgan fingerprint density at radius 1 is 0.972 bits per heavy atom. The van der Waals surface area contributed by atoms with Crippen LogP contribution in [0.4, 0.5) is 0 Å². The van der Waals surface area contributed by atoms with Crippen molar-refractivity contribution in [1.29, 1.82) is 0 Å². The minimum absolute atomic E-state index is 0.0227. The van der Waals surface area contributed by atoms with E-state index < -0.39 is 0 Å². The number of fused-ring (bicyclic) bond motifs is 5. The van der Waals surface area contributed by atoms with E-state index in [1.54, 1.807) is 0 Å². The van der Waals surface area contributed by atoms with Crippen LogP contribution in [-0.4, -0.2) is 48.4 Å². The molecular formula is C29H46O7. The van der Waals surface area contributed by atoms with E-state index in [4.69, 9.17) is 14.2 Å². The molecule has 11 atom stereocenters. The maximum Gasteiger partial charge on any atom is 0.305 e. The Morgan fingerprint density at radius 3 is 2.31 bits per heavy atom. The number of carbonyl (C=O) groups is 3. The van der Waals surface area contributed by atoms with Crippen LogP contribution in [0.2, 0.25) is 0 Å². The fourth-order valence-corrected chi connectivity index (χ4v) is 9.44. The van der Waals surface area contributed by atoms with Crippen molar-refractivity contribution in [2.75, 3.05) is 7.11 Å². The Kier molecular flexibility index (Phi) is 7.81. The van der Waals surface area contributed by atoms with Gasteiger partial charge in [0.05, 0.1) is 13.2 Å². The molecule has 36 heavy (non-hydrogen) atoms. The second-order valence-corrected chi connectivity index (χ2v) is 12.8. The fraction of sp³-hybridized carbons (Fsp3) is 0.897. The van der Waals surface area contributed by atoms with Crippen molar-refractivity contribution >= 4 is 17.9 Å². The van der Waals surface area contributed by atoms with Crippen molar-refractivity contribution in [3.63, 3.8) is 0 Å². The SMILES string of the molecule is COC(=O)CC[C@@H](C)[C@H]1CC[C@H]2C3C(C[C@H](OC(C)=O)C12C)C1(C)CC[C@@H](O)CC1C[C@H]3OC(C)=O. The van der Waals surface area contributed by atoms with Gasteiger partial charge in [0, 0.05) is 31.6 Å². The van der Waals surface area contributed by atoms with Crippen LogP contribution < -0.4 is 0 Å². The highest BCUT2D eigenvalue weighted by molar-refractivity contribution is 5.69. The molecule has 0 saturated heterocycles. The summed E-state index contributed by atoms with van der Waals surface area (Å²) in [6.45, 7) is 9.86. The Bertz CT molecular complexity index is 857. The highest BCUT2D eigenvalue weighted by atomic mass is 16.5. The molecular weight excluding hydrogens is 460 g/mol. The molecule has 0 radical (unpaired) electrons. The number of aliphatic hydroxyl groups is 1. The van der Waals surface area contributed by atoms with Crippen molar-refractivity contribution in [2.45, 2.75) is 111 Å². The number of esters is 3. The van der Waals surface area contributed by atoms with Gasteiger partial charge in [0.2, 0.25) is 0 Å². The van der Waals surface area contributed by atoms with Gasteiger partial charge in [0.25, 0.3) is 0 Å². The van der Waals surface area contributed by atoms with Gasteiger partial charge in [-0.3, -0.25) is 14.4 Å². The van der Waals surface area contributed by atoms with E-state index in [9.17, 15) is 19.5 Å². The molecule has 0 aliphatic heterocycles. The molecule has 0 bridgehead atoms. The largest absolute Gasteiger partial charge is 0.469 e. The number of hydrogen-bond acceptors (Lipinski definition) is 7. The summed E-state index contributed by atoms with van der Waals surface area (Å²) in [7, 11) is 1.42. The zero-order chi connectivity index (χ0) is 26.4. The van der Waals surface area contributed by atoms with Crippen LogP contribution >= 0.6 is 0 Å². The van der Waals surface area contributed by atoms with Crippen LogP contribution in [0.25, 0.3) is 0 Å². The maximum absolute atomic E-state index is 12.4. The second-order valence-electron chi connectivity index (χ2n) is 12.8. The number of hydrogen-bond donors (Lipinski definition) is 1. The predicted molar refractivity (Wildman–Crippen MR) is 134 cm³/mol. The Balaban J connectivity index is 1.71. The minimum Gasteiger partial charge on any atom is -0.469 e. The van der Waals surface area contributed by atoms with Crippen molar-refractivity contribution in [3.8, 4) is 0 Å². The Hall–Kier alpha value is -1.63. The maximum atomic E-state index is 12.4. The van der Waals surface area contributed by atoms with Gasteiger partial charge in [-0.2, -0.15) is 0 Å². The van der Waals surface area contributed by atoms with Gasteiger partial charge in [-0.15, -0.1) is 0 Å². The third kappa shape index (κ3) is 4.69. The van der Waals surface area contributed by atoms with Crippen LogP contribution in [0, 0.1) is 46.3 Å². The summed E-state index contributed by atoms with van der Waals surface area (Å²) >= 11 is 0. The monoisotopic (exact) mass is 506 g/mol. The van der Waals surface area contributed by atoms with E-state index in [0.29, 0.717) is 12.3 Å². The number of rotatable bonds is 6. The Morgan fingerprint density at radius 2 is 1.67 bits per heavy atom. The first-order valence-electron chi connectivity index (χ1n) is 14.0. The third-order valence-corrected chi connectivity index (χ3v) is 11.1. The molecule has 0 heterocycles. The lowest BCUT2D eigenvalue weighted by molar-refractivity contribution is -0.223. The molecule has 4 saturated carbocycles. The summed E-state index contributed by atoms with van der Waals surface area (Å²) in [5.41, 5.74) is -0.229. The molecule has 5 unspecified atom stereocenters. The highest BCUT2D eigenvalue weighted by Crippen LogP contribution is 2.69. The molecule has 4 rings (SSSR count). The van der Waals surface area contributed by atoms with E-state index >= 15 is 0 Å². The van der Waals surface area contributed by atoms with Crippen LogP contribution in [-0.2, 0) is 28.6 Å². The van der Waals surface area contributed by atoms with Crippen LogP contribution in [0.5, 0.6) is 0 Å². The van der Waals surface area contributed by atoms with E-state index in [0.717, 1.165) is 51.4 Å². The van der Waals surface area contributed by atoms with Gasteiger partial charge in [0.15, 0.2) is 0 Å². The van der Waals surface area contributed by atoms with Gasteiger partial charge in [-0.1, -0.05) is 20.8 Å². The number of carbonyl (C=O) groups excluding carboxylic acids is 3. The minimum atomic E-state index is -0.303.